The van der Waals surface area contributed by atoms with Crippen molar-refractivity contribution < 1.29 is 0 Å². The van der Waals surface area contributed by atoms with Gasteiger partial charge in [0, 0.05) is 39.3 Å². The summed E-state index contributed by atoms with van der Waals surface area (Å²) in [5.41, 5.74) is 0. The molecular weight excluding hydrogens is 389 g/mol. The minimum absolute atomic E-state index is 0. The molecule has 22 heavy (non-hydrogen) atoms. The molecule has 1 aliphatic rings. The van der Waals surface area contributed by atoms with Gasteiger partial charge in [0.1, 0.15) is 0 Å². The Morgan fingerprint density at radius 3 is 2.59 bits per heavy atom. The van der Waals surface area contributed by atoms with Gasteiger partial charge in [0.25, 0.3) is 0 Å². The summed E-state index contributed by atoms with van der Waals surface area (Å²) in [6.07, 6.45) is 2.42. The highest BCUT2D eigenvalue weighted by Gasteiger charge is 2.11. The van der Waals surface area contributed by atoms with E-state index in [4.69, 9.17) is 0 Å². The third kappa shape index (κ3) is 10.6. The molecule has 0 radical (unpaired) electrons. The predicted octanol–water partition coefficient (Wildman–Crippen LogP) is 1.84. The third-order valence-corrected chi connectivity index (χ3v) is 3.85. The fraction of sp³-hybridized carbons (Fsp3) is 0.938. The molecule has 0 unspecified atom stereocenters. The average Bonchev–Trinajstić information content (AvgIpc) is 2.63. The monoisotopic (exact) mass is 425 g/mol. The van der Waals surface area contributed by atoms with Crippen molar-refractivity contribution in [2.75, 3.05) is 59.4 Å². The van der Waals surface area contributed by atoms with Crippen LogP contribution in [-0.2, 0) is 0 Å². The molecule has 0 aromatic carbocycles. The number of halogens is 1. The van der Waals surface area contributed by atoms with Crippen LogP contribution >= 0.6 is 24.0 Å². The van der Waals surface area contributed by atoms with E-state index in [-0.39, 0.29) is 24.0 Å². The first-order valence-corrected chi connectivity index (χ1v) is 8.55. The molecule has 1 fully saturated rings. The fourth-order valence-corrected chi connectivity index (χ4v) is 2.43. The fourth-order valence-electron chi connectivity index (χ4n) is 2.43. The zero-order chi connectivity index (χ0) is 15.5. The highest BCUT2D eigenvalue weighted by atomic mass is 127. The molecule has 1 aliphatic heterocycles. The summed E-state index contributed by atoms with van der Waals surface area (Å²) in [7, 11) is 2.21. The third-order valence-electron chi connectivity index (χ3n) is 3.85. The van der Waals surface area contributed by atoms with Crippen LogP contribution in [0.4, 0.5) is 0 Å². The minimum Gasteiger partial charge on any atom is -0.357 e. The maximum absolute atomic E-state index is 4.63. The maximum Gasteiger partial charge on any atom is 0.191 e. The Morgan fingerprint density at radius 2 is 1.91 bits per heavy atom. The van der Waals surface area contributed by atoms with Gasteiger partial charge in [-0.05, 0) is 45.8 Å². The van der Waals surface area contributed by atoms with Crippen LogP contribution in [0, 0.1) is 5.92 Å². The van der Waals surface area contributed by atoms with E-state index in [2.05, 4.69) is 53.2 Å². The number of likely N-dealkylation sites (N-methyl/N-ethyl adjacent to an activating group) is 1. The number of aliphatic imine (C=N–C) groups is 1. The zero-order valence-corrected chi connectivity index (χ0v) is 17.2. The molecule has 0 amide bonds. The van der Waals surface area contributed by atoms with Gasteiger partial charge in [-0.15, -0.1) is 24.0 Å². The van der Waals surface area contributed by atoms with Crippen molar-refractivity contribution in [2.24, 2.45) is 10.9 Å². The molecular formula is C16H36IN5. The Kier molecular flexibility index (Phi) is 13.3. The second kappa shape index (κ2) is 13.4. The van der Waals surface area contributed by atoms with E-state index in [9.17, 15) is 0 Å². The van der Waals surface area contributed by atoms with Gasteiger partial charge in [-0.3, -0.25) is 4.99 Å². The van der Waals surface area contributed by atoms with E-state index >= 15 is 0 Å². The van der Waals surface area contributed by atoms with Crippen molar-refractivity contribution >= 4 is 29.9 Å². The van der Waals surface area contributed by atoms with Crippen LogP contribution in [0.3, 0.4) is 0 Å². The smallest absolute Gasteiger partial charge is 0.191 e. The first-order valence-electron chi connectivity index (χ1n) is 8.55. The highest BCUT2D eigenvalue weighted by Crippen LogP contribution is 2.00. The molecule has 1 heterocycles. The minimum atomic E-state index is 0. The lowest BCUT2D eigenvalue weighted by Crippen LogP contribution is -2.42. The summed E-state index contributed by atoms with van der Waals surface area (Å²) in [5, 5.41) is 6.78. The van der Waals surface area contributed by atoms with Gasteiger partial charge in [-0.25, -0.2) is 0 Å². The highest BCUT2D eigenvalue weighted by molar-refractivity contribution is 14.0. The lowest BCUT2D eigenvalue weighted by Gasteiger charge is -2.21. The van der Waals surface area contributed by atoms with Gasteiger partial charge >= 0.3 is 0 Å². The molecule has 0 spiro atoms. The van der Waals surface area contributed by atoms with Gasteiger partial charge in [-0.1, -0.05) is 13.8 Å². The van der Waals surface area contributed by atoms with E-state index in [1.807, 2.05) is 0 Å². The molecule has 0 bridgehead atoms. The van der Waals surface area contributed by atoms with E-state index in [0.717, 1.165) is 38.6 Å². The van der Waals surface area contributed by atoms with Crippen molar-refractivity contribution in [3.05, 3.63) is 0 Å². The Balaban J connectivity index is 0.00000441. The van der Waals surface area contributed by atoms with Gasteiger partial charge < -0.3 is 20.4 Å². The van der Waals surface area contributed by atoms with Crippen LogP contribution in [0.25, 0.3) is 0 Å². The quantitative estimate of drug-likeness (QED) is 0.371. The zero-order valence-electron chi connectivity index (χ0n) is 14.9. The predicted molar refractivity (Wildman–Crippen MR) is 107 cm³/mol. The Bertz CT molecular complexity index is 296. The second-order valence-electron chi connectivity index (χ2n) is 6.37. The summed E-state index contributed by atoms with van der Waals surface area (Å²) in [6.45, 7) is 15.3. The Labute approximate surface area is 154 Å². The molecule has 5 nitrogen and oxygen atoms in total. The summed E-state index contributed by atoms with van der Waals surface area (Å²) >= 11 is 0. The lowest BCUT2D eigenvalue weighted by atomic mass is 10.1. The summed E-state index contributed by atoms with van der Waals surface area (Å²) < 4.78 is 0. The molecule has 132 valence electrons. The van der Waals surface area contributed by atoms with E-state index in [1.54, 1.807) is 0 Å². The number of nitrogens with zero attached hydrogens (tertiary/aromatic N) is 3. The van der Waals surface area contributed by atoms with Crippen molar-refractivity contribution in [1.29, 1.82) is 0 Å². The van der Waals surface area contributed by atoms with Crippen LogP contribution < -0.4 is 10.6 Å². The van der Waals surface area contributed by atoms with Crippen molar-refractivity contribution in [3.8, 4) is 0 Å². The molecule has 2 N–H and O–H groups in total. The van der Waals surface area contributed by atoms with E-state index < -0.39 is 0 Å². The molecule has 1 saturated heterocycles. The molecule has 1 rings (SSSR count). The molecule has 0 atom stereocenters. The number of hydrogen-bond acceptors (Lipinski definition) is 3. The van der Waals surface area contributed by atoms with Gasteiger partial charge in [-0.2, -0.15) is 0 Å². The number of guanidine groups is 1. The molecule has 0 aliphatic carbocycles. The lowest BCUT2D eigenvalue weighted by molar-refractivity contribution is 0.280. The maximum atomic E-state index is 4.63. The molecule has 0 saturated carbocycles. The van der Waals surface area contributed by atoms with E-state index in [1.165, 1.54) is 32.6 Å². The number of hydrogen-bond donors (Lipinski definition) is 2. The largest absolute Gasteiger partial charge is 0.357 e. The van der Waals surface area contributed by atoms with Crippen LogP contribution in [0.1, 0.15) is 33.6 Å². The van der Waals surface area contributed by atoms with Gasteiger partial charge in [0.15, 0.2) is 5.96 Å². The normalized spacial score (nSPS) is 18.0. The Hall–Kier alpha value is -0.0800. The van der Waals surface area contributed by atoms with Crippen LogP contribution in [0.15, 0.2) is 4.99 Å². The van der Waals surface area contributed by atoms with Crippen molar-refractivity contribution in [1.82, 2.24) is 20.4 Å². The van der Waals surface area contributed by atoms with Gasteiger partial charge in [0.05, 0.1) is 0 Å². The number of nitrogens with one attached hydrogen (secondary N) is 2. The first-order chi connectivity index (χ1) is 10.1. The van der Waals surface area contributed by atoms with Crippen LogP contribution in [-0.4, -0.2) is 75.2 Å². The topological polar surface area (TPSA) is 42.9 Å². The SMILES string of the molecule is CCNC(=NCCC(C)C)NCCN1CCCN(C)CC1.I. The molecule has 0 aromatic rings. The van der Waals surface area contributed by atoms with Gasteiger partial charge in [0.2, 0.25) is 0 Å². The Morgan fingerprint density at radius 1 is 1.14 bits per heavy atom. The van der Waals surface area contributed by atoms with Crippen molar-refractivity contribution in [2.45, 2.75) is 33.6 Å². The van der Waals surface area contributed by atoms with Crippen LogP contribution in [0.5, 0.6) is 0 Å². The van der Waals surface area contributed by atoms with Crippen LogP contribution in [0.2, 0.25) is 0 Å². The summed E-state index contributed by atoms with van der Waals surface area (Å²) in [5.74, 6) is 1.68. The standard InChI is InChI=1S/C16H35N5.HI/c1-5-17-16(18-8-7-15(2)3)19-9-12-21-11-6-10-20(4)13-14-21;/h15H,5-14H2,1-4H3,(H2,17,18,19);1H. The van der Waals surface area contributed by atoms with Crippen molar-refractivity contribution in [3.63, 3.8) is 0 Å². The van der Waals surface area contributed by atoms with E-state index in [0.29, 0.717) is 5.92 Å². The number of rotatable bonds is 7. The summed E-state index contributed by atoms with van der Waals surface area (Å²) in [6, 6.07) is 0. The average molecular weight is 425 g/mol. The second-order valence-corrected chi connectivity index (χ2v) is 6.37. The summed E-state index contributed by atoms with van der Waals surface area (Å²) in [4.78, 5) is 9.61. The molecule has 0 aromatic heterocycles. The molecule has 6 heteroatoms. The first kappa shape index (κ1) is 21.9.